The second-order valence-electron chi connectivity index (χ2n) is 6.63. The zero-order valence-electron chi connectivity index (χ0n) is 14.4. The minimum Gasteiger partial charge on any atom is -0.337 e. The van der Waals surface area contributed by atoms with E-state index < -0.39 is 0 Å². The molecule has 1 aromatic heterocycles. The van der Waals surface area contributed by atoms with Gasteiger partial charge in [-0.15, -0.1) is 11.3 Å². The molecule has 2 amide bonds. The molecule has 1 aromatic carbocycles. The van der Waals surface area contributed by atoms with Gasteiger partial charge in [0.1, 0.15) is 5.01 Å². The van der Waals surface area contributed by atoms with Crippen LogP contribution in [0.15, 0.2) is 29.6 Å². The third kappa shape index (κ3) is 4.79. The Morgan fingerprint density at radius 3 is 2.70 bits per heavy atom. The molecular formula is C18H25N3OS. The van der Waals surface area contributed by atoms with E-state index in [0.29, 0.717) is 6.54 Å². The van der Waals surface area contributed by atoms with Crippen LogP contribution in [0.3, 0.4) is 0 Å². The van der Waals surface area contributed by atoms with Crippen LogP contribution < -0.4 is 10.6 Å². The van der Waals surface area contributed by atoms with Crippen molar-refractivity contribution in [3.8, 4) is 0 Å². The van der Waals surface area contributed by atoms with Crippen molar-refractivity contribution in [2.45, 2.75) is 46.1 Å². The maximum Gasteiger partial charge on any atom is 0.315 e. The molecule has 0 saturated heterocycles. The Morgan fingerprint density at radius 2 is 2.09 bits per heavy atom. The fourth-order valence-electron chi connectivity index (χ4n) is 2.35. The molecule has 0 radical (unpaired) electrons. The van der Waals surface area contributed by atoms with Gasteiger partial charge in [0.15, 0.2) is 0 Å². The van der Waals surface area contributed by atoms with Crippen LogP contribution in [-0.2, 0) is 5.41 Å². The number of rotatable bonds is 5. The maximum atomic E-state index is 12.1. The molecule has 0 saturated carbocycles. The molecule has 2 N–H and O–H groups in total. The topological polar surface area (TPSA) is 54.0 Å². The first-order chi connectivity index (χ1) is 10.8. The second-order valence-corrected chi connectivity index (χ2v) is 7.52. The fraction of sp³-hybridized carbons (Fsp3) is 0.444. The molecule has 1 atom stereocenters. The Kier molecular flexibility index (Phi) is 5.42. The van der Waals surface area contributed by atoms with Crippen LogP contribution in [-0.4, -0.2) is 17.6 Å². The van der Waals surface area contributed by atoms with Crippen molar-refractivity contribution in [1.82, 2.24) is 15.6 Å². The molecule has 124 valence electrons. The van der Waals surface area contributed by atoms with Crippen LogP contribution in [0, 0.1) is 13.8 Å². The van der Waals surface area contributed by atoms with Gasteiger partial charge in [-0.05, 0) is 26.3 Å². The third-order valence-corrected chi connectivity index (χ3v) is 4.99. The molecule has 1 unspecified atom stereocenters. The Morgan fingerprint density at radius 1 is 1.35 bits per heavy atom. The number of nitrogens with one attached hydrogen (secondary N) is 2. The molecule has 0 spiro atoms. The van der Waals surface area contributed by atoms with Crippen LogP contribution in [0.4, 0.5) is 4.79 Å². The predicted molar refractivity (Wildman–Crippen MR) is 96.0 cm³/mol. The summed E-state index contributed by atoms with van der Waals surface area (Å²) in [6, 6.07) is 8.16. The quantitative estimate of drug-likeness (QED) is 0.867. The van der Waals surface area contributed by atoms with Crippen molar-refractivity contribution < 1.29 is 4.79 Å². The highest BCUT2D eigenvalue weighted by molar-refractivity contribution is 7.09. The molecule has 0 aliphatic rings. The van der Waals surface area contributed by atoms with Gasteiger partial charge in [0.2, 0.25) is 0 Å². The lowest BCUT2D eigenvalue weighted by atomic mass is 9.84. The van der Waals surface area contributed by atoms with E-state index in [2.05, 4.69) is 60.7 Å². The number of amides is 2. The number of carbonyl (C=O) groups excluding carboxylic acids is 1. The lowest BCUT2D eigenvalue weighted by Gasteiger charge is -2.26. The summed E-state index contributed by atoms with van der Waals surface area (Å²) in [5.74, 6) is 0. The highest BCUT2D eigenvalue weighted by atomic mass is 32.1. The van der Waals surface area contributed by atoms with E-state index in [1.807, 2.05) is 19.2 Å². The average Bonchev–Trinajstić information content (AvgIpc) is 2.92. The van der Waals surface area contributed by atoms with E-state index in [1.165, 1.54) is 11.1 Å². The first-order valence-electron chi connectivity index (χ1n) is 7.81. The normalized spacial score (nSPS) is 12.7. The third-order valence-electron chi connectivity index (χ3n) is 3.85. The van der Waals surface area contributed by atoms with Gasteiger partial charge in [0.25, 0.3) is 0 Å². The summed E-state index contributed by atoms with van der Waals surface area (Å²) >= 11 is 1.57. The van der Waals surface area contributed by atoms with E-state index in [9.17, 15) is 4.79 Å². The molecule has 5 heteroatoms. The molecule has 0 bridgehead atoms. The van der Waals surface area contributed by atoms with Gasteiger partial charge in [-0.3, -0.25) is 0 Å². The van der Waals surface area contributed by atoms with Crippen molar-refractivity contribution in [2.24, 2.45) is 0 Å². The summed E-state index contributed by atoms with van der Waals surface area (Å²) in [4.78, 5) is 16.5. The van der Waals surface area contributed by atoms with E-state index in [0.717, 1.165) is 10.7 Å². The number of aromatic nitrogens is 1. The minimum atomic E-state index is -0.161. The lowest BCUT2D eigenvalue weighted by molar-refractivity contribution is 0.235. The number of thiazole rings is 1. The molecule has 0 aliphatic carbocycles. The first-order valence-corrected chi connectivity index (χ1v) is 8.69. The molecule has 4 nitrogen and oxygen atoms in total. The van der Waals surface area contributed by atoms with Gasteiger partial charge < -0.3 is 10.6 Å². The average molecular weight is 331 g/mol. The highest BCUT2D eigenvalue weighted by Crippen LogP contribution is 2.23. The van der Waals surface area contributed by atoms with Crippen LogP contribution in [0.5, 0.6) is 0 Å². The van der Waals surface area contributed by atoms with E-state index in [-0.39, 0.29) is 17.5 Å². The first kappa shape index (κ1) is 17.5. The number of hydrogen-bond acceptors (Lipinski definition) is 3. The zero-order valence-corrected chi connectivity index (χ0v) is 15.3. The summed E-state index contributed by atoms with van der Waals surface area (Å²) in [5.41, 5.74) is 3.32. The van der Waals surface area contributed by atoms with Crippen molar-refractivity contribution in [2.75, 3.05) is 6.54 Å². The summed E-state index contributed by atoms with van der Waals surface area (Å²) in [5, 5.41) is 8.84. The van der Waals surface area contributed by atoms with Gasteiger partial charge in [-0.25, -0.2) is 9.78 Å². The van der Waals surface area contributed by atoms with Crippen LogP contribution in [0.25, 0.3) is 0 Å². The van der Waals surface area contributed by atoms with Gasteiger partial charge in [0, 0.05) is 23.0 Å². The Bertz CT molecular complexity index is 678. The van der Waals surface area contributed by atoms with Gasteiger partial charge >= 0.3 is 6.03 Å². The largest absolute Gasteiger partial charge is 0.337 e. The van der Waals surface area contributed by atoms with Crippen LogP contribution in [0.2, 0.25) is 0 Å². The predicted octanol–water partition coefficient (Wildman–Crippen LogP) is 4.10. The molecular weight excluding hydrogens is 306 g/mol. The van der Waals surface area contributed by atoms with Gasteiger partial charge in [-0.2, -0.15) is 0 Å². The Balaban J connectivity index is 1.90. The number of urea groups is 1. The molecule has 23 heavy (non-hydrogen) atoms. The molecule has 0 aliphatic heterocycles. The van der Waals surface area contributed by atoms with Crippen LogP contribution >= 0.6 is 11.3 Å². The SMILES string of the molecule is Cc1cccc(C(C)(C)CNC(=O)NC(C)c2nc(C)cs2)c1. The maximum absolute atomic E-state index is 12.1. The zero-order chi connectivity index (χ0) is 17.0. The van der Waals surface area contributed by atoms with Crippen molar-refractivity contribution in [3.63, 3.8) is 0 Å². The fourth-order valence-corrected chi connectivity index (χ4v) is 3.15. The van der Waals surface area contributed by atoms with Crippen molar-refractivity contribution >= 4 is 17.4 Å². The molecule has 1 heterocycles. The standard InChI is InChI=1S/C18H25N3OS/c1-12-7-6-8-15(9-12)18(4,5)11-19-17(22)21-14(3)16-20-13(2)10-23-16/h6-10,14H,11H2,1-5H3,(H2,19,21,22). The lowest BCUT2D eigenvalue weighted by Crippen LogP contribution is -2.43. The number of nitrogens with zero attached hydrogens (tertiary/aromatic N) is 1. The van der Waals surface area contributed by atoms with Gasteiger partial charge in [-0.1, -0.05) is 43.7 Å². The van der Waals surface area contributed by atoms with E-state index in [1.54, 1.807) is 11.3 Å². The number of benzene rings is 1. The van der Waals surface area contributed by atoms with Gasteiger partial charge in [0.05, 0.1) is 6.04 Å². The molecule has 2 rings (SSSR count). The Hall–Kier alpha value is -1.88. The van der Waals surface area contributed by atoms with E-state index in [4.69, 9.17) is 0 Å². The second kappa shape index (κ2) is 7.13. The molecule has 0 fully saturated rings. The summed E-state index contributed by atoms with van der Waals surface area (Å²) < 4.78 is 0. The smallest absolute Gasteiger partial charge is 0.315 e. The Labute approximate surface area is 142 Å². The highest BCUT2D eigenvalue weighted by Gasteiger charge is 2.22. The number of aryl methyl sites for hydroxylation is 2. The van der Waals surface area contributed by atoms with Crippen molar-refractivity contribution in [1.29, 1.82) is 0 Å². The number of carbonyl (C=O) groups is 1. The van der Waals surface area contributed by atoms with Crippen LogP contribution in [0.1, 0.15) is 48.6 Å². The monoisotopic (exact) mass is 331 g/mol. The summed E-state index contributed by atoms with van der Waals surface area (Å²) in [7, 11) is 0. The minimum absolute atomic E-state index is 0.0872. The molecule has 2 aromatic rings. The summed E-state index contributed by atoms with van der Waals surface area (Å²) in [6.45, 7) is 10.8. The van der Waals surface area contributed by atoms with Crippen molar-refractivity contribution in [3.05, 3.63) is 51.5 Å². The summed E-state index contributed by atoms with van der Waals surface area (Å²) in [6.07, 6.45) is 0. The van der Waals surface area contributed by atoms with E-state index >= 15 is 0 Å². The number of hydrogen-bond donors (Lipinski definition) is 2.